The Labute approximate surface area is 160 Å². The first-order chi connectivity index (χ1) is 13.2. The lowest BCUT2D eigenvalue weighted by atomic mass is 9.78. The maximum atomic E-state index is 13.8. The van der Waals surface area contributed by atoms with Gasteiger partial charge in [0, 0.05) is 0 Å². The number of alkyl halides is 1. The molecule has 1 aliphatic carbocycles. The molecule has 2 aromatic carbocycles. The Hall–Kier alpha value is -2.47. The molecule has 3 heteroatoms. The van der Waals surface area contributed by atoms with Crippen LogP contribution in [-0.2, 0) is 0 Å². The fourth-order valence-corrected chi connectivity index (χ4v) is 3.86. The number of halogens is 2. The van der Waals surface area contributed by atoms with Gasteiger partial charge in [-0.05, 0) is 79.2 Å². The quantitative estimate of drug-likeness (QED) is 0.401. The van der Waals surface area contributed by atoms with Crippen LogP contribution in [0.1, 0.15) is 55.6 Å². The van der Waals surface area contributed by atoms with Crippen molar-refractivity contribution in [2.24, 2.45) is 5.92 Å². The van der Waals surface area contributed by atoms with Crippen LogP contribution in [0, 0.1) is 23.1 Å². The van der Waals surface area contributed by atoms with Crippen molar-refractivity contribution >= 4 is 0 Å². The second-order valence-electron chi connectivity index (χ2n) is 7.30. The summed E-state index contributed by atoms with van der Waals surface area (Å²) >= 11 is 0. The van der Waals surface area contributed by atoms with E-state index >= 15 is 0 Å². The maximum absolute atomic E-state index is 13.8. The second kappa shape index (κ2) is 9.46. The van der Waals surface area contributed by atoms with Crippen molar-refractivity contribution in [1.82, 2.24) is 0 Å². The van der Waals surface area contributed by atoms with Gasteiger partial charge >= 0.3 is 0 Å². The molecule has 0 unspecified atom stereocenters. The van der Waals surface area contributed by atoms with Crippen molar-refractivity contribution in [2.75, 3.05) is 6.67 Å². The minimum atomic E-state index is -0.475. The first-order valence-electron chi connectivity index (χ1n) is 9.74. The van der Waals surface area contributed by atoms with Gasteiger partial charge in [-0.1, -0.05) is 42.5 Å². The number of rotatable bonds is 6. The summed E-state index contributed by atoms with van der Waals surface area (Å²) in [5.41, 5.74) is 3.17. The summed E-state index contributed by atoms with van der Waals surface area (Å²) in [7, 11) is 0. The van der Waals surface area contributed by atoms with Gasteiger partial charge in [0.2, 0.25) is 0 Å². The zero-order chi connectivity index (χ0) is 19.1. The molecule has 0 bridgehead atoms. The van der Waals surface area contributed by atoms with Gasteiger partial charge in [-0.25, -0.2) is 4.39 Å². The highest BCUT2D eigenvalue weighted by Crippen LogP contribution is 2.37. The van der Waals surface area contributed by atoms with Crippen LogP contribution < -0.4 is 0 Å². The number of nitrogens with zero attached hydrogens (tertiary/aromatic N) is 1. The molecule has 0 N–H and O–H groups in total. The van der Waals surface area contributed by atoms with Gasteiger partial charge in [-0.15, -0.1) is 0 Å². The van der Waals surface area contributed by atoms with Gasteiger partial charge in [0.25, 0.3) is 0 Å². The van der Waals surface area contributed by atoms with Crippen molar-refractivity contribution in [3.8, 4) is 17.2 Å². The molecule has 0 radical (unpaired) electrons. The van der Waals surface area contributed by atoms with Gasteiger partial charge in [0.1, 0.15) is 11.9 Å². The standard InChI is InChI=1S/C24H25F2N/c25-15-3-1-2-4-18-5-7-19(8-6-18)20-9-11-21(12-10-20)22-13-14-23(17-27)24(26)16-22/h2,4,9-14,16,18-19H,1,3,5-8,15H2. The van der Waals surface area contributed by atoms with E-state index in [1.165, 1.54) is 43.4 Å². The summed E-state index contributed by atoms with van der Waals surface area (Å²) in [6.07, 6.45) is 10.6. The molecule has 0 spiro atoms. The molecule has 0 saturated heterocycles. The van der Waals surface area contributed by atoms with Crippen molar-refractivity contribution in [2.45, 2.75) is 44.4 Å². The molecule has 2 aromatic rings. The zero-order valence-corrected chi connectivity index (χ0v) is 15.5. The molecule has 140 valence electrons. The minimum Gasteiger partial charge on any atom is -0.251 e. The summed E-state index contributed by atoms with van der Waals surface area (Å²) in [4.78, 5) is 0. The maximum Gasteiger partial charge on any atom is 0.141 e. The predicted molar refractivity (Wildman–Crippen MR) is 106 cm³/mol. The van der Waals surface area contributed by atoms with Crippen LogP contribution in [0.4, 0.5) is 8.78 Å². The Morgan fingerprint density at radius 1 is 1.00 bits per heavy atom. The average molecular weight is 365 g/mol. The average Bonchev–Trinajstić information content (AvgIpc) is 2.72. The Kier molecular flexibility index (Phi) is 6.76. The number of hydrogen-bond donors (Lipinski definition) is 0. The highest BCUT2D eigenvalue weighted by atomic mass is 19.1. The van der Waals surface area contributed by atoms with E-state index < -0.39 is 5.82 Å². The van der Waals surface area contributed by atoms with Crippen molar-refractivity contribution in [3.63, 3.8) is 0 Å². The van der Waals surface area contributed by atoms with Gasteiger partial charge in [-0.2, -0.15) is 5.26 Å². The van der Waals surface area contributed by atoms with Crippen LogP contribution in [0.3, 0.4) is 0 Å². The first-order valence-corrected chi connectivity index (χ1v) is 9.74. The molecule has 1 aliphatic rings. The Bertz CT molecular complexity index is 809. The Morgan fingerprint density at radius 3 is 2.33 bits per heavy atom. The van der Waals surface area contributed by atoms with Crippen molar-refractivity contribution in [1.29, 1.82) is 5.26 Å². The molecule has 1 nitrogen and oxygen atoms in total. The second-order valence-corrected chi connectivity index (χ2v) is 7.30. The van der Waals surface area contributed by atoms with Crippen LogP contribution in [0.2, 0.25) is 0 Å². The zero-order valence-electron chi connectivity index (χ0n) is 15.5. The van der Waals surface area contributed by atoms with E-state index in [9.17, 15) is 8.78 Å². The molecule has 0 amide bonds. The molecular formula is C24H25F2N. The van der Waals surface area contributed by atoms with Gasteiger partial charge in [-0.3, -0.25) is 4.39 Å². The van der Waals surface area contributed by atoms with E-state index in [0.717, 1.165) is 17.5 Å². The third-order valence-corrected chi connectivity index (χ3v) is 5.49. The molecule has 3 rings (SSSR count). The van der Waals surface area contributed by atoms with Gasteiger partial charge in [0.15, 0.2) is 0 Å². The highest BCUT2D eigenvalue weighted by molar-refractivity contribution is 5.64. The fourth-order valence-electron chi connectivity index (χ4n) is 3.86. The van der Waals surface area contributed by atoms with Crippen LogP contribution in [-0.4, -0.2) is 6.67 Å². The monoisotopic (exact) mass is 365 g/mol. The predicted octanol–water partition coefficient (Wildman–Crippen LogP) is 6.94. The molecule has 27 heavy (non-hydrogen) atoms. The van der Waals surface area contributed by atoms with Gasteiger partial charge < -0.3 is 0 Å². The molecule has 1 fully saturated rings. The molecule has 0 aromatic heterocycles. The SMILES string of the molecule is N#Cc1ccc(-c2ccc(C3CCC(C=CCCCF)CC3)cc2)cc1F. The van der Waals surface area contributed by atoms with Crippen LogP contribution in [0.15, 0.2) is 54.6 Å². The van der Waals surface area contributed by atoms with E-state index in [-0.39, 0.29) is 12.2 Å². The molecule has 1 saturated carbocycles. The van der Waals surface area contributed by atoms with E-state index in [4.69, 9.17) is 5.26 Å². The number of nitriles is 1. The molecule has 0 atom stereocenters. The summed E-state index contributed by atoms with van der Waals surface area (Å²) in [5.74, 6) is 0.728. The number of allylic oxidation sites excluding steroid dienone is 2. The smallest absolute Gasteiger partial charge is 0.141 e. The summed E-state index contributed by atoms with van der Waals surface area (Å²) < 4.78 is 26.0. The Morgan fingerprint density at radius 2 is 1.70 bits per heavy atom. The van der Waals surface area contributed by atoms with E-state index in [1.54, 1.807) is 6.07 Å². The lowest BCUT2D eigenvalue weighted by Gasteiger charge is -2.27. The van der Waals surface area contributed by atoms with Crippen LogP contribution in [0.25, 0.3) is 11.1 Å². The van der Waals surface area contributed by atoms with Gasteiger partial charge in [0.05, 0.1) is 12.2 Å². The van der Waals surface area contributed by atoms with E-state index in [1.807, 2.05) is 18.2 Å². The third kappa shape index (κ3) is 5.04. The minimum absolute atomic E-state index is 0.0749. The Balaban J connectivity index is 1.59. The summed E-state index contributed by atoms with van der Waals surface area (Å²) in [5, 5.41) is 8.84. The fraction of sp³-hybridized carbons (Fsp3) is 0.375. The highest BCUT2D eigenvalue weighted by Gasteiger charge is 2.20. The first kappa shape index (κ1) is 19.3. The summed E-state index contributed by atoms with van der Waals surface area (Å²) in [6, 6.07) is 15.0. The number of hydrogen-bond acceptors (Lipinski definition) is 1. The van der Waals surface area contributed by atoms with Crippen LogP contribution in [0.5, 0.6) is 0 Å². The lowest BCUT2D eigenvalue weighted by Crippen LogP contribution is -2.11. The summed E-state index contributed by atoms with van der Waals surface area (Å²) in [6.45, 7) is -0.234. The number of unbranched alkanes of at least 4 members (excludes halogenated alkanes) is 1. The van der Waals surface area contributed by atoms with E-state index in [0.29, 0.717) is 18.3 Å². The van der Waals surface area contributed by atoms with Crippen LogP contribution >= 0.6 is 0 Å². The topological polar surface area (TPSA) is 23.8 Å². The van der Waals surface area contributed by atoms with E-state index in [2.05, 4.69) is 24.3 Å². The molecule has 0 heterocycles. The molecular weight excluding hydrogens is 340 g/mol. The molecule has 0 aliphatic heterocycles. The normalized spacial score (nSPS) is 19.9. The number of benzene rings is 2. The van der Waals surface area contributed by atoms with Crippen molar-refractivity contribution < 1.29 is 8.78 Å². The largest absolute Gasteiger partial charge is 0.251 e. The van der Waals surface area contributed by atoms with Crippen molar-refractivity contribution in [3.05, 3.63) is 71.6 Å². The lowest BCUT2D eigenvalue weighted by molar-refractivity contribution is 0.375. The third-order valence-electron chi connectivity index (χ3n) is 5.49.